The number of para-hydroxylation sites is 3. The summed E-state index contributed by atoms with van der Waals surface area (Å²) in [7, 11) is 0. The van der Waals surface area contributed by atoms with Crippen LogP contribution < -0.4 is 4.90 Å². The molecule has 40 heavy (non-hydrogen) atoms. The molecule has 0 atom stereocenters. The van der Waals surface area contributed by atoms with Crippen molar-refractivity contribution in [1.29, 1.82) is 0 Å². The number of hydrogen-bond donors (Lipinski definition) is 0. The molecule has 0 aliphatic heterocycles. The minimum Gasteiger partial charge on any atom is -0.308 e. The fraction of sp³-hybridized carbons (Fsp3) is 0. The molecule has 188 valence electrons. The zero-order valence-corrected chi connectivity index (χ0v) is 21.9. The summed E-state index contributed by atoms with van der Waals surface area (Å²) in [6.45, 7) is 0. The van der Waals surface area contributed by atoms with Gasteiger partial charge in [0, 0.05) is 27.5 Å². The smallest absolute Gasteiger partial charge is 0.0781 e. The predicted octanol–water partition coefficient (Wildman–Crippen LogP) is 10.6. The minimum atomic E-state index is 1.12. The van der Waals surface area contributed by atoms with Gasteiger partial charge in [0.25, 0.3) is 0 Å². The van der Waals surface area contributed by atoms with Crippen LogP contribution in [0.3, 0.4) is 0 Å². The lowest BCUT2D eigenvalue weighted by Gasteiger charge is -2.30. The molecule has 0 bridgehead atoms. The Kier molecular flexibility index (Phi) is 5.17. The van der Waals surface area contributed by atoms with Crippen LogP contribution in [0.5, 0.6) is 0 Å². The van der Waals surface area contributed by atoms with Crippen molar-refractivity contribution < 1.29 is 0 Å². The Morgan fingerprint density at radius 1 is 0.375 bits per heavy atom. The van der Waals surface area contributed by atoms with Crippen molar-refractivity contribution in [3.05, 3.63) is 158 Å². The summed E-state index contributed by atoms with van der Waals surface area (Å²) in [4.78, 5) is 2.42. The third-order valence-electron chi connectivity index (χ3n) is 7.93. The van der Waals surface area contributed by atoms with Crippen molar-refractivity contribution in [2.24, 2.45) is 0 Å². The first-order valence-electron chi connectivity index (χ1n) is 13.7. The lowest BCUT2D eigenvalue weighted by atomic mass is 10.0. The summed E-state index contributed by atoms with van der Waals surface area (Å²) in [6, 6.07) is 56.8. The van der Waals surface area contributed by atoms with Crippen LogP contribution in [-0.4, -0.2) is 4.57 Å². The van der Waals surface area contributed by atoms with Crippen LogP contribution >= 0.6 is 0 Å². The summed E-state index contributed by atoms with van der Waals surface area (Å²) in [5.41, 5.74) is 6.96. The molecule has 0 fully saturated rings. The van der Waals surface area contributed by atoms with Crippen molar-refractivity contribution in [1.82, 2.24) is 4.57 Å². The van der Waals surface area contributed by atoms with E-state index in [1.165, 1.54) is 43.4 Å². The highest BCUT2D eigenvalue weighted by molar-refractivity contribution is 6.12. The van der Waals surface area contributed by atoms with Crippen LogP contribution in [0.25, 0.3) is 49.0 Å². The van der Waals surface area contributed by atoms with Gasteiger partial charge in [0.1, 0.15) is 0 Å². The van der Waals surface area contributed by atoms with Crippen molar-refractivity contribution in [2.45, 2.75) is 0 Å². The van der Waals surface area contributed by atoms with Gasteiger partial charge in [-0.2, -0.15) is 0 Å². The van der Waals surface area contributed by atoms with Crippen LogP contribution in [0.15, 0.2) is 158 Å². The van der Waals surface area contributed by atoms with Crippen LogP contribution in [0.1, 0.15) is 0 Å². The Balaban J connectivity index is 1.53. The fourth-order valence-corrected chi connectivity index (χ4v) is 6.14. The zero-order chi connectivity index (χ0) is 26.5. The van der Waals surface area contributed by atoms with Gasteiger partial charge < -0.3 is 9.47 Å². The average molecular weight is 511 g/mol. The van der Waals surface area contributed by atoms with Crippen LogP contribution in [0.2, 0.25) is 0 Å². The van der Waals surface area contributed by atoms with Gasteiger partial charge in [-0.15, -0.1) is 0 Å². The van der Waals surface area contributed by atoms with E-state index in [9.17, 15) is 0 Å². The van der Waals surface area contributed by atoms with Gasteiger partial charge in [-0.05, 0) is 58.6 Å². The van der Waals surface area contributed by atoms with E-state index in [-0.39, 0.29) is 0 Å². The number of nitrogens with zero attached hydrogens (tertiary/aromatic N) is 2. The van der Waals surface area contributed by atoms with Crippen LogP contribution in [-0.2, 0) is 0 Å². The molecule has 0 aliphatic carbocycles. The topological polar surface area (TPSA) is 8.17 Å². The highest BCUT2D eigenvalue weighted by atomic mass is 15.2. The second-order valence-corrected chi connectivity index (χ2v) is 10.2. The molecule has 8 rings (SSSR count). The molecular formula is C38H26N2. The third kappa shape index (κ3) is 3.50. The fourth-order valence-electron chi connectivity index (χ4n) is 6.14. The Bertz CT molecular complexity index is 2120. The number of aromatic nitrogens is 1. The molecule has 0 amide bonds. The van der Waals surface area contributed by atoms with Gasteiger partial charge in [0.2, 0.25) is 0 Å². The molecule has 1 heterocycles. The predicted molar refractivity (Wildman–Crippen MR) is 170 cm³/mol. The quantitative estimate of drug-likeness (QED) is 0.229. The van der Waals surface area contributed by atoms with E-state index >= 15 is 0 Å². The van der Waals surface area contributed by atoms with E-state index in [1.807, 2.05) is 0 Å². The number of anilines is 3. The maximum atomic E-state index is 2.43. The minimum absolute atomic E-state index is 1.12. The molecule has 0 unspecified atom stereocenters. The van der Waals surface area contributed by atoms with Gasteiger partial charge in [0.15, 0.2) is 0 Å². The number of rotatable bonds is 4. The number of benzene rings is 7. The van der Waals surface area contributed by atoms with Crippen molar-refractivity contribution >= 4 is 60.4 Å². The maximum absolute atomic E-state index is 2.43. The SMILES string of the molecule is c1ccc(N(c2ccc3ccccc3c2)c2c(-n3c4ccccc4c4ccccc43)ccc3ccccc23)cc1. The normalized spacial score (nSPS) is 11.5. The zero-order valence-electron chi connectivity index (χ0n) is 21.9. The third-order valence-corrected chi connectivity index (χ3v) is 7.93. The first kappa shape index (κ1) is 22.6. The van der Waals surface area contributed by atoms with Crippen molar-refractivity contribution in [2.75, 3.05) is 4.90 Å². The van der Waals surface area contributed by atoms with Crippen LogP contribution in [0.4, 0.5) is 17.1 Å². The van der Waals surface area contributed by atoms with E-state index in [4.69, 9.17) is 0 Å². The molecule has 8 aromatic rings. The Morgan fingerprint density at radius 3 is 1.65 bits per heavy atom. The van der Waals surface area contributed by atoms with E-state index in [2.05, 4.69) is 167 Å². The summed E-state index contributed by atoms with van der Waals surface area (Å²) in [5, 5.41) is 7.39. The van der Waals surface area contributed by atoms with Gasteiger partial charge in [0.05, 0.1) is 22.4 Å². The first-order chi connectivity index (χ1) is 19.9. The Labute approximate surface area is 233 Å². The van der Waals surface area contributed by atoms with Gasteiger partial charge in [-0.3, -0.25) is 0 Å². The summed E-state index contributed by atoms with van der Waals surface area (Å²) in [6.07, 6.45) is 0. The van der Waals surface area contributed by atoms with Gasteiger partial charge in [-0.1, -0.05) is 115 Å². The monoisotopic (exact) mass is 510 g/mol. The highest BCUT2D eigenvalue weighted by Crippen LogP contribution is 2.45. The molecule has 2 nitrogen and oxygen atoms in total. The van der Waals surface area contributed by atoms with Crippen molar-refractivity contribution in [3.8, 4) is 5.69 Å². The molecule has 0 N–H and O–H groups in total. The molecule has 0 radical (unpaired) electrons. The van der Waals surface area contributed by atoms with E-state index < -0.39 is 0 Å². The van der Waals surface area contributed by atoms with Crippen molar-refractivity contribution in [3.63, 3.8) is 0 Å². The molecule has 2 heteroatoms. The number of hydrogen-bond acceptors (Lipinski definition) is 1. The second kappa shape index (κ2) is 9.14. The van der Waals surface area contributed by atoms with Gasteiger partial charge >= 0.3 is 0 Å². The molecule has 1 aromatic heterocycles. The highest BCUT2D eigenvalue weighted by Gasteiger charge is 2.22. The molecule has 0 aliphatic rings. The average Bonchev–Trinajstić information content (AvgIpc) is 3.36. The lowest BCUT2D eigenvalue weighted by molar-refractivity contribution is 1.16. The maximum Gasteiger partial charge on any atom is 0.0781 e. The largest absolute Gasteiger partial charge is 0.308 e. The Hall–Kier alpha value is -5.34. The Morgan fingerprint density at radius 2 is 0.925 bits per heavy atom. The first-order valence-corrected chi connectivity index (χ1v) is 13.7. The molecule has 0 spiro atoms. The number of fused-ring (bicyclic) bond motifs is 5. The summed E-state index contributed by atoms with van der Waals surface area (Å²) < 4.78 is 2.43. The molecule has 0 saturated carbocycles. The van der Waals surface area contributed by atoms with Crippen LogP contribution in [0, 0.1) is 0 Å². The lowest BCUT2D eigenvalue weighted by Crippen LogP contribution is -2.13. The molecule has 7 aromatic carbocycles. The van der Waals surface area contributed by atoms with Gasteiger partial charge in [-0.25, -0.2) is 0 Å². The van der Waals surface area contributed by atoms with E-state index in [1.54, 1.807) is 0 Å². The molecular weight excluding hydrogens is 484 g/mol. The van der Waals surface area contributed by atoms with E-state index in [0.717, 1.165) is 22.7 Å². The summed E-state index contributed by atoms with van der Waals surface area (Å²) >= 11 is 0. The molecule has 0 saturated heterocycles. The standard InChI is InChI=1S/C38H26N2/c1-2-15-30(16-3-1)39(31-24-22-27-12-4-5-14-29(27)26-31)38-32-17-7-6-13-28(32)23-25-37(38)40-35-20-10-8-18-33(35)34-19-9-11-21-36(34)40/h1-26H. The summed E-state index contributed by atoms with van der Waals surface area (Å²) in [5.74, 6) is 0. The van der Waals surface area contributed by atoms with E-state index in [0.29, 0.717) is 0 Å². The second-order valence-electron chi connectivity index (χ2n) is 10.2.